The van der Waals surface area contributed by atoms with Gasteiger partial charge in [-0.2, -0.15) is 0 Å². The van der Waals surface area contributed by atoms with Crippen LogP contribution in [0.1, 0.15) is 222 Å². The lowest BCUT2D eigenvalue weighted by molar-refractivity contribution is -0.897. The summed E-state index contributed by atoms with van der Waals surface area (Å²) in [6.45, 7) is 47.6. The zero-order valence-corrected chi connectivity index (χ0v) is 70.3. The number of nitrogens with one attached hydrogen (secondary N) is 1. The number of unbranched alkanes of at least 4 members (excludes halogenated alkanes) is 12. The van der Waals surface area contributed by atoms with Gasteiger partial charge < -0.3 is 62.9 Å². The highest BCUT2D eigenvalue weighted by Crippen LogP contribution is 2.18. The number of quaternary nitrogens is 3. The average Bonchev–Trinajstić information content (AvgIpc) is 1.79. The van der Waals surface area contributed by atoms with Gasteiger partial charge in [-0.3, -0.25) is 0 Å². The molecule has 15 heteroatoms. The van der Waals surface area contributed by atoms with Gasteiger partial charge in [-0.05, 0) is 83.9 Å². The molecule has 9 heterocycles. The fourth-order valence-electron chi connectivity index (χ4n) is 12.3. The first-order valence-corrected chi connectivity index (χ1v) is 41.4. The van der Waals surface area contributed by atoms with Gasteiger partial charge >= 0.3 is 0 Å². The molecule has 0 atom stereocenters. The van der Waals surface area contributed by atoms with Crippen LogP contribution in [0, 0.1) is 6.92 Å². The predicted molar refractivity (Wildman–Crippen MR) is 443 cm³/mol. The molecule has 2 saturated heterocycles. The second-order valence-electron chi connectivity index (χ2n) is 30.2. The molecule has 2 aromatic heterocycles. The van der Waals surface area contributed by atoms with Crippen molar-refractivity contribution in [2.24, 2.45) is 0 Å². The van der Waals surface area contributed by atoms with Gasteiger partial charge in [0.1, 0.15) is 18.8 Å². The molecule has 7 aliphatic rings. The second kappa shape index (κ2) is 61.4. The van der Waals surface area contributed by atoms with Gasteiger partial charge in [0.05, 0.1) is 101 Å². The Morgan fingerprint density at radius 3 is 1.06 bits per heavy atom. The summed E-state index contributed by atoms with van der Waals surface area (Å²) in [6.07, 6.45) is 61.1. The summed E-state index contributed by atoms with van der Waals surface area (Å²) in [5.74, 6) is 0. The third kappa shape index (κ3) is 49.7. The van der Waals surface area contributed by atoms with E-state index >= 15 is 0 Å². The van der Waals surface area contributed by atoms with Crippen LogP contribution < -0.4 is 14.0 Å². The lowest BCUT2D eigenvalue weighted by atomic mass is 10.2. The smallest absolute Gasteiger partial charge is 0.169 e. The number of aromatic nitrogens is 2. The summed E-state index contributed by atoms with van der Waals surface area (Å²) < 4.78 is 7.15. The maximum absolute atomic E-state index is 2.41. The minimum absolute atomic E-state index is 1.05. The van der Waals surface area contributed by atoms with Crippen molar-refractivity contribution in [3.05, 3.63) is 153 Å². The Hall–Kier alpha value is -5.90. The van der Waals surface area contributed by atoms with E-state index in [-0.39, 0.29) is 0 Å². The van der Waals surface area contributed by atoms with Crippen LogP contribution in [0.3, 0.4) is 0 Å². The highest BCUT2D eigenvalue weighted by molar-refractivity contribution is 5.27. The topological polar surface area (TPSA) is 44.6 Å². The first-order valence-electron chi connectivity index (χ1n) is 41.4. The van der Waals surface area contributed by atoms with E-state index in [1.54, 1.807) is 0 Å². The summed E-state index contributed by atoms with van der Waals surface area (Å²) in [7, 11) is 17.4. The van der Waals surface area contributed by atoms with Crippen molar-refractivity contribution in [1.29, 1.82) is 0 Å². The fraction of sp³-hybridized carbons (Fsp3) is 0.701. The van der Waals surface area contributed by atoms with Crippen LogP contribution in [-0.4, -0.2) is 226 Å². The van der Waals surface area contributed by atoms with Gasteiger partial charge in [-0.1, -0.05) is 143 Å². The van der Waals surface area contributed by atoms with Crippen LogP contribution in [0.2, 0.25) is 0 Å². The molecule has 15 nitrogen and oxygen atoms in total. The number of nitrogens with zero attached hydrogens (tertiary/aromatic N) is 14. The van der Waals surface area contributed by atoms with Crippen LogP contribution in [0.5, 0.6) is 0 Å². The van der Waals surface area contributed by atoms with Crippen LogP contribution in [0.25, 0.3) is 0 Å². The number of hydrogen-bond donors (Lipinski definition) is 1. The van der Waals surface area contributed by atoms with Crippen LogP contribution in [0.4, 0.5) is 5.69 Å². The Bertz CT molecular complexity index is 2470. The van der Waals surface area contributed by atoms with Gasteiger partial charge in [-0.25, -0.2) is 9.13 Å². The standard InChI is InChI=1S/C11H18N.C10H20N2.C10H16N.2C9H18N2.C9H20N.C8H16N2.C8H11N.C7H16N.C6H12N2/c1-2-3-4-6-9-12-10-7-5-8-11-12;1-3-4-5-6-7-12-9-8-11(2)10-12;1-3-4-7-11-8-5-10(2)6-9-11;1-3-4-5-6-11-8-7-10(2)9-11;1-3-5-6-11-8-7-10(4-2)9-11;1-3-4-7-10(2)8-5-6-9-10;1-3-4-5-10-7-6-9(2)8-10;1-9(2)8-6-4-3-5-7-8;1-3-8(2)6-4-5-7-8;1-3-8-5-4-7(2)6-8/h5,7-8,10-11H,2-4,6,9H2,1H3;8-9H,3-7,10H2,1-2H3;5-6,8-9H,3-4,7H2,1-2H3;2*7-8H,3-6,9H2,1-2H3;3-9H2,1-2H3;6-7H,3-5,8H2,1-2H3;3-7H,1-2H3;3-7H2,1-2H3;4-5H,3,6H2,1-2H3/q+1;;+1;;;+1;;;+1;/p+1. The maximum atomic E-state index is 2.41. The molecular formula is C87H166N15+5. The van der Waals surface area contributed by atoms with E-state index in [1.165, 1.54) is 245 Å². The van der Waals surface area contributed by atoms with Gasteiger partial charge in [0, 0.05) is 192 Å². The lowest BCUT2D eigenvalue weighted by Crippen LogP contribution is -3.00. The highest BCUT2D eigenvalue weighted by atomic mass is 15.4. The average molecular weight is 1420 g/mol. The predicted octanol–water partition coefficient (Wildman–Crippen LogP) is 16.5. The van der Waals surface area contributed by atoms with Crippen molar-refractivity contribution < 1.29 is 23.0 Å². The van der Waals surface area contributed by atoms with E-state index in [1.807, 2.05) is 6.07 Å². The molecule has 0 amide bonds. The molecule has 0 saturated carbocycles. The third-order valence-corrected chi connectivity index (χ3v) is 19.7. The van der Waals surface area contributed by atoms with Crippen molar-refractivity contribution >= 4 is 5.69 Å². The van der Waals surface area contributed by atoms with Crippen molar-refractivity contribution in [2.75, 3.05) is 168 Å². The molecule has 0 aliphatic carbocycles. The number of likely N-dealkylation sites (tertiary alicyclic amines) is 2. The SMILES string of the molecule is CCCCCCN1C=CN(C)C1.CCCCCC[n+]1ccccc1.CCCCCN1C=CN(C)C1.CCCCN1C=CN(C)C1.CCCCN1C=CN(CC)C1.CCCC[N+]1(C)CCCC1.CCCC[n+]1ccc(C)cc1.CCN1C=CN(C)C1.CC[N+]1(C)CCCC1.C[NH+](C)c1ccccc1. The Morgan fingerprint density at radius 2 is 0.686 bits per heavy atom. The molecule has 10 rings (SSSR count). The number of hydrogen-bond acceptors (Lipinski definition) is 10. The quantitative estimate of drug-likeness (QED) is 0.0397. The van der Waals surface area contributed by atoms with E-state index < -0.39 is 0 Å². The Kier molecular flexibility index (Phi) is 56.7. The van der Waals surface area contributed by atoms with E-state index in [2.05, 4.69) is 332 Å². The molecule has 2 fully saturated rings. The summed E-state index contributed by atoms with van der Waals surface area (Å²) in [5.41, 5.74) is 2.66. The van der Waals surface area contributed by atoms with Crippen molar-refractivity contribution in [3.8, 4) is 0 Å². The largest absolute Gasteiger partial charge is 0.362 e. The number of aryl methyl sites for hydroxylation is 3. The Morgan fingerprint density at radius 1 is 0.343 bits per heavy atom. The van der Waals surface area contributed by atoms with Crippen molar-refractivity contribution in [1.82, 2.24) is 49.0 Å². The van der Waals surface area contributed by atoms with Crippen LogP contribution in [0.15, 0.2) is 147 Å². The van der Waals surface area contributed by atoms with Gasteiger partial charge in [0.25, 0.3) is 0 Å². The molecule has 0 unspecified atom stereocenters. The van der Waals surface area contributed by atoms with Crippen molar-refractivity contribution in [2.45, 2.75) is 237 Å². The minimum atomic E-state index is 1.05. The first-order chi connectivity index (χ1) is 49.3. The number of para-hydroxylation sites is 1. The van der Waals surface area contributed by atoms with Gasteiger partial charge in [0.2, 0.25) is 0 Å². The van der Waals surface area contributed by atoms with Crippen LogP contribution >= 0.6 is 0 Å². The molecule has 0 radical (unpaired) electrons. The van der Waals surface area contributed by atoms with Gasteiger partial charge in [0.15, 0.2) is 24.8 Å². The molecule has 1 aromatic carbocycles. The molecular weight excluding hydrogens is 1260 g/mol. The Balaban J connectivity index is 0.000000568. The first kappa shape index (κ1) is 94.1. The molecule has 7 aliphatic heterocycles. The zero-order valence-electron chi connectivity index (χ0n) is 70.3. The van der Waals surface area contributed by atoms with E-state index in [4.69, 9.17) is 0 Å². The molecule has 584 valence electrons. The number of benzene rings is 1. The normalized spacial score (nSPS) is 16.1. The van der Waals surface area contributed by atoms with Crippen LogP contribution in [-0.2, 0) is 13.1 Å². The van der Waals surface area contributed by atoms with E-state index in [0.717, 1.165) is 53.0 Å². The van der Waals surface area contributed by atoms with Gasteiger partial charge in [-0.15, -0.1) is 0 Å². The van der Waals surface area contributed by atoms with E-state index in [0.29, 0.717) is 0 Å². The summed E-state index contributed by atoms with van der Waals surface area (Å²) in [5, 5.41) is 0. The number of pyridine rings is 2. The van der Waals surface area contributed by atoms with Crippen molar-refractivity contribution in [3.63, 3.8) is 0 Å². The molecule has 0 spiro atoms. The fourth-order valence-corrected chi connectivity index (χ4v) is 12.3. The lowest BCUT2D eigenvalue weighted by Gasteiger charge is -2.28. The Labute approximate surface area is 632 Å². The molecule has 0 bridgehead atoms. The molecule has 102 heavy (non-hydrogen) atoms. The third-order valence-electron chi connectivity index (χ3n) is 19.7. The molecule has 1 N–H and O–H groups in total. The zero-order chi connectivity index (χ0) is 75.3. The highest BCUT2D eigenvalue weighted by Gasteiger charge is 2.26. The minimum Gasteiger partial charge on any atom is -0.362 e. The summed E-state index contributed by atoms with van der Waals surface area (Å²) in [4.78, 5) is 24.1. The summed E-state index contributed by atoms with van der Waals surface area (Å²) >= 11 is 0. The summed E-state index contributed by atoms with van der Waals surface area (Å²) in [6, 6.07) is 20.9. The maximum Gasteiger partial charge on any atom is 0.169 e. The molecule has 3 aromatic rings. The number of rotatable bonds is 30. The van der Waals surface area contributed by atoms with E-state index in [9.17, 15) is 0 Å². The monoisotopic (exact) mass is 1420 g/mol. The second-order valence-corrected chi connectivity index (χ2v) is 30.2.